The largest absolute Gasteiger partial charge is 0.369 e. The lowest BCUT2D eigenvalue weighted by molar-refractivity contribution is 1.05. The Morgan fingerprint density at radius 1 is 1.42 bits per heavy atom. The Morgan fingerprint density at radius 3 is 3.00 bits per heavy atom. The first-order valence-electron chi connectivity index (χ1n) is 5.36. The fraction of sp³-hybridized carbons (Fsp3) is 0.0909. The highest BCUT2D eigenvalue weighted by molar-refractivity contribution is 7.10. The molecule has 0 amide bonds. The van der Waals surface area contributed by atoms with Crippen LogP contribution in [-0.2, 0) is 6.42 Å². The molecular formula is C11H8ClN5OS. The average molecular weight is 294 g/mol. The van der Waals surface area contributed by atoms with Crippen molar-refractivity contribution >= 4 is 40.0 Å². The number of thiophene rings is 1. The van der Waals surface area contributed by atoms with E-state index in [9.17, 15) is 4.79 Å². The summed E-state index contributed by atoms with van der Waals surface area (Å²) in [6.07, 6.45) is 2.16. The zero-order chi connectivity index (χ0) is 13.4. The number of nitrogens with zero attached hydrogens (tertiary/aromatic N) is 3. The molecule has 8 heteroatoms. The quantitative estimate of drug-likeness (QED) is 0.748. The van der Waals surface area contributed by atoms with Crippen molar-refractivity contribution in [1.82, 2.24) is 19.9 Å². The lowest BCUT2D eigenvalue weighted by atomic mass is 10.3. The Bertz CT molecular complexity index is 812. The lowest BCUT2D eigenvalue weighted by Gasteiger charge is -2.00. The maximum absolute atomic E-state index is 11.7. The Morgan fingerprint density at radius 2 is 2.26 bits per heavy atom. The van der Waals surface area contributed by atoms with Crippen molar-refractivity contribution in [2.45, 2.75) is 6.42 Å². The second-order valence-corrected chi connectivity index (χ2v) is 5.32. The molecule has 0 saturated heterocycles. The summed E-state index contributed by atoms with van der Waals surface area (Å²) in [4.78, 5) is 27.4. The van der Waals surface area contributed by atoms with Crippen molar-refractivity contribution in [3.63, 3.8) is 0 Å². The molecule has 0 fully saturated rings. The van der Waals surface area contributed by atoms with E-state index in [1.807, 2.05) is 11.4 Å². The first-order chi connectivity index (χ1) is 9.11. The van der Waals surface area contributed by atoms with Crippen molar-refractivity contribution < 1.29 is 0 Å². The Labute approximate surface area is 116 Å². The fourth-order valence-corrected chi connectivity index (χ4v) is 2.77. The molecule has 19 heavy (non-hydrogen) atoms. The smallest absolute Gasteiger partial charge is 0.280 e. The van der Waals surface area contributed by atoms with E-state index >= 15 is 0 Å². The summed E-state index contributed by atoms with van der Waals surface area (Å²) in [7, 11) is 0. The van der Waals surface area contributed by atoms with E-state index in [2.05, 4.69) is 19.9 Å². The van der Waals surface area contributed by atoms with Gasteiger partial charge in [0.25, 0.3) is 5.56 Å². The van der Waals surface area contributed by atoms with Crippen LogP contribution in [0.5, 0.6) is 0 Å². The topological polar surface area (TPSA) is 97.5 Å². The first kappa shape index (κ1) is 12.1. The van der Waals surface area contributed by atoms with Crippen LogP contribution in [0.1, 0.15) is 10.6 Å². The van der Waals surface area contributed by atoms with Gasteiger partial charge in [0.1, 0.15) is 0 Å². The molecule has 0 aliphatic carbocycles. The van der Waals surface area contributed by atoms with Gasteiger partial charge in [0.05, 0.1) is 16.9 Å². The summed E-state index contributed by atoms with van der Waals surface area (Å²) in [5.74, 6) is 0.0320. The van der Waals surface area contributed by atoms with Crippen molar-refractivity contribution in [2.24, 2.45) is 0 Å². The lowest BCUT2D eigenvalue weighted by Crippen LogP contribution is -2.14. The molecule has 0 aliphatic heterocycles. The molecule has 0 radical (unpaired) electrons. The summed E-state index contributed by atoms with van der Waals surface area (Å²) < 4.78 is 0. The number of nitrogen functional groups attached to an aromatic ring is 1. The van der Waals surface area contributed by atoms with Gasteiger partial charge in [-0.2, -0.15) is 4.98 Å². The van der Waals surface area contributed by atoms with Crippen molar-refractivity contribution in [3.8, 4) is 0 Å². The number of nitrogens with two attached hydrogens (primary N) is 1. The van der Waals surface area contributed by atoms with Crippen LogP contribution in [0, 0.1) is 0 Å². The zero-order valence-corrected chi connectivity index (χ0v) is 11.1. The SMILES string of the molecule is Nc1nc2ncc(Cc3cc(Cl)cs3)nc2c(=O)[nH]1. The maximum atomic E-state index is 11.7. The molecule has 3 aromatic rings. The Balaban J connectivity index is 2.04. The maximum Gasteiger partial charge on any atom is 0.280 e. The standard InChI is InChI=1S/C11H8ClN5OS/c12-5-1-7(19-4-5)2-6-3-14-9-8(15-6)10(18)17-11(13)16-9/h1,3-4H,2H2,(H3,13,14,16,17,18). The molecular weight excluding hydrogens is 286 g/mol. The number of rotatable bonds is 2. The summed E-state index contributed by atoms with van der Waals surface area (Å²) in [6.45, 7) is 0. The van der Waals surface area contributed by atoms with E-state index in [4.69, 9.17) is 17.3 Å². The van der Waals surface area contributed by atoms with Gasteiger partial charge in [-0.05, 0) is 6.07 Å². The van der Waals surface area contributed by atoms with Crippen molar-refractivity contribution in [1.29, 1.82) is 0 Å². The molecule has 3 heterocycles. The molecule has 0 aromatic carbocycles. The highest BCUT2D eigenvalue weighted by Gasteiger charge is 2.08. The van der Waals surface area contributed by atoms with Crippen LogP contribution in [0.3, 0.4) is 0 Å². The van der Waals surface area contributed by atoms with Gasteiger partial charge in [-0.25, -0.2) is 9.97 Å². The summed E-state index contributed by atoms with van der Waals surface area (Å²) in [6, 6.07) is 1.86. The minimum Gasteiger partial charge on any atom is -0.369 e. The third-order valence-electron chi connectivity index (χ3n) is 2.46. The second-order valence-electron chi connectivity index (χ2n) is 3.89. The van der Waals surface area contributed by atoms with Gasteiger partial charge in [-0.3, -0.25) is 9.78 Å². The molecule has 96 valence electrons. The van der Waals surface area contributed by atoms with E-state index in [1.54, 1.807) is 6.20 Å². The van der Waals surface area contributed by atoms with Gasteiger partial charge in [-0.1, -0.05) is 11.6 Å². The minimum atomic E-state index is -0.388. The molecule has 3 aromatic heterocycles. The van der Waals surface area contributed by atoms with Crippen LogP contribution in [0.2, 0.25) is 5.02 Å². The van der Waals surface area contributed by atoms with E-state index < -0.39 is 0 Å². The number of aromatic amines is 1. The van der Waals surface area contributed by atoms with E-state index in [0.29, 0.717) is 17.1 Å². The van der Waals surface area contributed by atoms with E-state index in [0.717, 1.165) is 4.88 Å². The molecule has 0 atom stereocenters. The summed E-state index contributed by atoms with van der Waals surface area (Å²) in [5.41, 5.74) is 6.17. The number of H-pyrrole nitrogens is 1. The number of aromatic nitrogens is 4. The highest BCUT2D eigenvalue weighted by atomic mass is 35.5. The number of hydrogen-bond donors (Lipinski definition) is 2. The van der Waals surface area contributed by atoms with E-state index in [-0.39, 0.29) is 22.7 Å². The Kier molecular flexibility index (Phi) is 2.92. The normalized spacial score (nSPS) is 11.0. The molecule has 6 nitrogen and oxygen atoms in total. The molecule has 0 aliphatic rings. The van der Waals surface area contributed by atoms with Crippen molar-refractivity contribution in [2.75, 3.05) is 5.73 Å². The van der Waals surface area contributed by atoms with Gasteiger partial charge in [0.15, 0.2) is 11.2 Å². The number of fused-ring (bicyclic) bond motifs is 1. The number of halogens is 1. The summed E-state index contributed by atoms with van der Waals surface area (Å²) in [5, 5.41) is 2.54. The van der Waals surface area contributed by atoms with Crippen LogP contribution in [0.4, 0.5) is 5.95 Å². The molecule has 0 bridgehead atoms. The van der Waals surface area contributed by atoms with Crippen LogP contribution < -0.4 is 11.3 Å². The average Bonchev–Trinajstić information content (AvgIpc) is 2.75. The van der Waals surface area contributed by atoms with Gasteiger partial charge in [-0.15, -0.1) is 11.3 Å². The second kappa shape index (κ2) is 4.60. The van der Waals surface area contributed by atoms with Gasteiger partial charge < -0.3 is 5.73 Å². The third kappa shape index (κ3) is 2.42. The fourth-order valence-electron chi connectivity index (χ4n) is 1.68. The van der Waals surface area contributed by atoms with Gasteiger partial charge >= 0.3 is 0 Å². The molecule has 0 unspecified atom stereocenters. The zero-order valence-electron chi connectivity index (χ0n) is 9.55. The highest BCUT2D eigenvalue weighted by Crippen LogP contribution is 2.21. The third-order valence-corrected chi connectivity index (χ3v) is 3.75. The number of nitrogens with one attached hydrogen (secondary N) is 1. The van der Waals surface area contributed by atoms with Crippen molar-refractivity contribution in [3.05, 3.63) is 43.6 Å². The predicted molar refractivity (Wildman–Crippen MR) is 74.5 cm³/mol. The van der Waals surface area contributed by atoms with Gasteiger partial charge in [0, 0.05) is 16.7 Å². The predicted octanol–water partition coefficient (Wildman–Crippen LogP) is 1.60. The first-order valence-corrected chi connectivity index (χ1v) is 6.62. The molecule has 3 N–H and O–H groups in total. The number of anilines is 1. The van der Waals surface area contributed by atoms with E-state index in [1.165, 1.54) is 11.3 Å². The summed E-state index contributed by atoms with van der Waals surface area (Å²) >= 11 is 7.39. The van der Waals surface area contributed by atoms with Crippen LogP contribution in [0.25, 0.3) is 11.2 Å². The van der Waals surface area contributed by atoms with Crippen LogP contribution >= 0.6 is 22.9 Å². The molecule has 0 saturated carbocycles. The van der Waals surface area contributed by atoms with Crippen LogP contribution in [-0.4, -0.2) is 19.9 Å². The van der Waals surface area contributed by atoms with Gasteiger partial charge in [0.2, 0.25) is 5.95 Å². The molecule has 0 spiro atoms. The minimum absolute atomic E-state index is 0.0320. The van der Waals surface area contributed by atoms with Crippen LogP contribution in [0.15, 0.2) is 22.4 Å². The Hall–Kier alpha value is -1.99. The number of hydrogen-bond acceptors (Lipinski definition) is 6. The monoisotopic (exact) mass is 293 g/mol. The molecule has 3 rings (SSSR count).